The number of hydrogen-bond acceptors (Lipinski definition) is 4. The molecule has 6 nitrogen and oxygen atoms in total. The van der Waals surface area contributed by atoms with E-state index in [-0.39, 0.29) is 18.9 Å². The van der Waals surface area contributed by atoms with Gasteiger partial charge in [-0.15, -0.1) is 0 Å². The lowest BCUT2D eigenvalue weighted by Gasteiger charge is -2.21. The monoisotopic (exact) mass is 374 g/mol. The van der Waals surface area contributed by atoms with Gasteiger partial charge in [-0.3, -0.25) is 9.10 Å². The Morgan fingerprint density at radius 1 is 1.46 bits per heavy atom. The number of halogens is 1. The van der Waals surface area contributed by atoms with Crippen molar-refractivity contribution in [3.63, 3.8) is 0 Å². The van der Waals surface area contributed by atoms with Crippen molar-refractivity contribution in [3.8, 4) is 5.75 Å². The van der Waals surface area contributed by atoms with E-state index in [0.717, 1.165) is 12.7 Å². The van der Waals surface area contributed by atoms with E-state index in [1.807, 2.05) is 0 Å². The lowest BCUT2D eigenvalue weighted by molar-refractivity contribution is -0.128. The Bertz CT molecular complexity index is 706. The Morgan fingerprint density at radius 3 is 2.79 bits per heavy atom. The maximum absolute atomic E-state index is 12.3. The molecule has 0 saturated carbocycles. The molecule has 1 aliphatic rings. The van der Waals surface area contributed by atoms with Crippen molar-refractivity contribution in [1.82, 2.24) is 5.32 Å². The van der Waals surface area contributed by atoms with Gasteiger partial charge in [0.25, 0.3) is 5.91 Å². The standard InChI is InChI=1S/C16H23ClN2O4S/c1-11(2)6-8-18-16(20)15-7-9-19(24(3,21)22)13-10-12(17)4-5-14(13)23-15/h4-5,10-11,15H,6-9H2,1-3H3,(H,18,20). The van der Waals surface area contributed by atoms with E-state index >= 15 is 0 Å². The second kappa shape index (κ2) is 7.61. The SMILES string of the molecule is CC(C)CCNC(=O)C1CCN(S(C)(=O)=O)c2cc(Cl)ccc2O1. The molecule has 24 heavy (non-hydrogen) atoms. The van der Waals surface area contributed by atoms with Gasteiger partial charge >= 0.3 is 0 Å². The first-order valence-electron chi connectivity index (χ1n) is 7.90. The number of amides is 1. The zero-order valence-corrected chi connectivity index (χ0v) is 15.7. The third-order valence-corrected chi connectivity index (χ3v) is 5.18. The number of nitrogens with zero attached hydrogens (tertiary/aromatic N) is 1. The number of fused-ring (bicyclic) bond motifs is 1. The van der Waals surface area contributed by atoms with Crippen LogP contribution in [0.15, 0.2) is 18.2 Å². The summed E-state index contributed by atoms with van der Waals surface area (Å²) in [5.41, 5.74) is 0.363. The van der Waals surface area contributed by atoms with Gasteiger partial charge in [-0.1, -0.05) is 25.4 Å². The normalized spacial score (nSPS) is 17.9. The Balaban J connectivity index is 2.21. The van der Waals surface area contributed by atoms with Crippen LogP contribution in [0.25, 0.3) is 0 Å². The number of nitrogens with one attached hydrogen (secondary N) is 1. The van der Waals surface area contributed by atoms with Gasteiger partial charge in [-0.05, 0) is 30.5 Å². The van der Waals surface area contributed by atoms with Crippen LogP contribution in [-0.2, 0) is 14.8 Å². The Labute approximate surface area is 148 Å². The number of carbonyl (C=O) groups is 1. The number of carbonyl (C=O) groups excluding carboxylic acids is 1. The van der Waals surface area contributed by atoms with Gasteiger partial charge in [0.1, 0.15) is 5.75 Å². The van der Waals surface area contributed by atoms with E-state index in [4.69, 9.17) is 16.3 Å². The highest BCUT2D eigenvalue weighted by molar-refractivity contribution is 7.92. The fraction of sp³-hybridized carbons (Fsp3) is 0.562. The highest BCUT2D eigenvalue weighted by atomic mass is 35.5. The molecular weight excluding hydrogens is 352 g/mol. The van der Waals surface area contributed by atoms with Crippen molar-refractivity contribution >= 4 is 33.2 Å². The van der Waals surface area contributed by atoms with Crippen molar-refractivity contribution in [2.75, 3.05) is 23.7 Å². The second-order valence-corrected chi connectivity index (χ2v) is 8.66. The molecule has 134 valence electrons. The van der Waals surface area contributed by atoms with Crippen LogP contribution in [0, 0.1) is 5.92 Å². The predicted octanol–water partition coefficient (Wildman–Crippen LogP) is 2.42. The second-order valence-electron chi connectivity index (χ2n) is 6.32. The van der Waals surface area contributed by atoms with Crippen LogP contribution in [0.2, 0.25) is 5.02 Å². The summed E-state index contributed by atoms with van der Waals surface area (Å²) in [6.45, 7) is 4.89. The van der Waals surface area contributed by atoms with Crippen LogP contribution in [0.5, 0.6) is 5.75 Å². The largest absolute Gasteiger partial charge is 0.478 e. The molecule has 0 spiro atoms. The minimum Gasteiger partial charge on any atom is -0.478 e. The molecular formula is C16H23ClN2O4S. The lowest BCUT2D eigenvalue weighted by Crippen LogP contribution is -2.40. The molecule has 0 aliphatic carbocycles. The van der Waals surface area contributed by atoms with Crippen molar-refractivity contribution < 1.29 is 17.9 Å². The van der Waals surface area contributed by atoms with E-state index in [1.54, 1.807) is 12.1 Å². The molecule has 1 aromatic rings. The topological polar surface area (TPSA) is 75.7 Å². The number of hydrogen-bond donors (Lipinski definition) is 1. The molecule has 1 aromatic carbocycles. The molecule has 1 atom stereocenters. The summed E-state index contributed by atoms with van der Waals surface area (Å²) >= 11 is 5.99. The van der Waals surface area contributed by atoms with Gasteiger partial charge in [0.05, 0.1) is 11.9 Å². The molecule has 2 rings (SSSR count). The van der Waals surface area contributed by atoms with Gasteiger partial charge in [-0.2, -0.15) is 0 Å². The molecule has 1 aliphatic heterocycles. The van der Waals surface area contributed by atoms with Crippen LogP contribution in [-0.4, -0.2) is 39.8 Å². The van der Waals surface area contributed by atoms with E-state index < -0.39 is 16.1 Å². The quantitative estimate of drug-likeness (QED) is 0.858. The minimum absolute atomic E-state index is 0.161. The summed E-state index contributed by atoms with van der Waals surface area (Å²) in [6.07, 6.45) is 1.54. The van der Waals surface area contributed by atoms with Crippen LogP contribution < -0.4 is 14.4 Å². The maximum Gasteiger partial charge on any atom is 0.261 e. The van der Waals surface area contributed by atoms with E-state index in [0.29, 0.717) is 28.9 Å². The average Bonchev–Trinajstić information content (AvgIpc) is 2.65. The molecule has 0 saturated heterocycles. The summed E-state index contributed by atoms with van der Waals surface area (Å²) < 4.78 is 31.1. The van der Waals surface area contributed by atoms with Crippen LogP contribution in [0.3, 0.4) is 0 Å². The van der Waals surface area contributed by atoms with Crippen LogP contribution >= 0.6 is 11.6 Å². The first-order chi connectivity index (χ1) is 11.2. The smallest absolute Gasteiger partial charge is 0.261 e. The Morgan fingerprint density at radius 2 is 2.17 bits per heavy atom. The van der Waals surface area contributed by atoms with E-state index in [1.165, 1.54) is 10.4 Å². The summed E-state index contributed by atoms with van der Waals surface area (Å²) in [6, 6.07) is 4.74. The van der Waals surface area contributed by atoms with Crippen molar-refractivity contribution in [2.24, 2.45) is 5.92 Å². The first kappa shape index (κ1) is 18.9. The van der Waals surface area contributed by atoms with Gasteiger partial charge < -0.3 is 10.1 Å². The van der Waals surface area contributed by atoms with E-state index in [2.05, 4.69) is 19.2 Å². The molecule has 1 N–H and O–H groups in total. The van der Waals surface area contributed by atoms with Crippen molar-refractivity contribution in [1.29, 1.82) is 0 Å². The number of rotatable bonds is 5. The molecule has 1 amide bonds. The summed E-state index contributed by atoms with van der Waals surface area (Å²) in [7, 11) is -3.49. The lowest BCUT2D eigenvalue weighted by atomic mass is 10.1. The number of sulfonamides is 1. The molecule has 1 unspecified atom stereocenters. The highest BCUT2D eigenvalue weighted by Gasteiger charge is 2.31. The van der Waals surface area contributed by atoms with Crippen molar-refractivity contribution in [3.05, 3.63) is 23.2 Å². The fourth-order valence-electron chi connectivity index (χ4n) is 2.48. The van der Waals surface area contributed by atoms with Gasteiger partial charge in [0.2, 0.25) is 10.0 Å². The number of anilines is 1. The van der Waals surface area contributed by atoms with Gasteiger partial charge in [-0.25, -0.2) is 8.42 Å². The Kier molecular flexibility index (Phi) is 5.98. The molecule has 1 heterocycles. The van der Waals surface area contributed by atoms with Gasteiger partial charge in [0, 0.05) is 24.5 Å². The molecule has 0 radical (unpaired) electrons. The van der Waals surface area contributed by atoms with Gasteiger partial charge in [0.15, 0.2) is 6.10 Å². The Hall–Kier alpha value is -1.47. The molecule has 0 fully saturated rings. The predicted molar refractivity (Wildman–Crippen MR) is 95.1 cm³/mol. The maximum atomic E-state index is 12.3. The zero-order chi connectivity index (χ0) is 17.9. The summed E-state index contributed by atoms with van der Waals surface area (Å²) in [4.78, 5) is 12.3. The molecule has 0 aromatic heterocycles. The average molecular weight is 375 g/mol. The van der Waals surface area contributed by atoms with Crippen LogP contribution in [0.1, 0.15) is 26.7 Å². The van der Waals surface area contributed by atoms with Crippen LogP contribution in [0.4, 0.5) is 5.69 Å². The summed E-state index contributed by atoms with van der Waals surface area (Å²) in [5, 5.41) is 3.26. The third-order valence-electron chi connectivity index (χ3n) is 3.77. The number of benzene rings is 1. The number of ether oxygens (including phenoxy) is 1. The third kappa shape index (κ3) is 4.77. The molecule has 8 heteroatoms. The van der Waals surface area contributed by atoms with E-state index in [9.17, 15) is 13.2 Å². The zero-order valence-electron chi connectivity index (χ0n) is 14.1. The minimum atomic E-state index is -3.49. The first-order valence-corrected chi connectivity index (χ1v) is 10.1. The fourth-order valence-corrected chi connectivity index (χ4v) is 3.58. The van der Waals surface area contributed by atoms with Crippen molar-refractivity contribution in [2.45, 2.75) is 32.8 Å². The molecule has 0 bridgehead atoms. The summed E-state index contributed by atoms with van der Waals surface area (Å²) in [5.74, 6) is 0.599. The highest BCUT2D eigenvalue weighted by Crippen LogP contribution is 2.36.